The van der Waals surface area contributed by atoms with Crippen LogP contribution in [0.25, 0.3) is 16.4 Å². The molecule has 2 aromatic heterocycles. The Morgan fingerprint density at radius 1 is 1.46 bits per heavy atom. The van der Waals surface area contributed by atoms with Crippen LogP contribution in [0.15, 0.2) is 10.8 Å². The number of hydrogen-bond donors (Lipinski definition) is 1. The molecule has 1 aliphatic rings. The molecule has 0 saturated carbocycles. The predicted molar refractivity (Wildman–Crippen MR) is 59.2 cm³/mol. The number of H-pyrrole nitrogens is 1. The van der Waals surface area contributed by atoms with Gasteiger partial charge in [0.15, 0.2) is 0 Å². The Bertz CT molecular complexity index is 495. The number of fused-ring (bicyclic) bond motifs is 3. The summed E-state index contributed by atoms with van der Waals surface area (Å²) in [7, 11) is 0. The Labute approximate surface area is 87.8 Å². The summed E-state index contributed by atoms with van der Waals surface area (Å²) in [4.78, 5) is 10.0. The number of thiophene rings is 1. The molecule has 0 aliphatic heterocycles. The number of allylic oxidation sites excluding steroid dienone is 1. The van der Waals surface area contributed by atoms with Gasteiger partial charge in [0.25, 0.3) is 0 Å². The minimum absolute atomic E-state index is 1.10. The molecule has 2 nitrogen and oxygen atoms in total. The molecule has 1 N–H and O–H groups in total. The van der Waals surface area contributed by atoms with Crippen molar-refractivity contribution in [1.29, 1.82) is 0 Å². The number of aryl methyl sites for hydroxylation is 1. The lowest BCUT2D eigenvalue weighted by Gasteiger charge is -2.06. The van der Waals surface area contributed by atoms with Gasteiger partial charge in [-0.25, -0.2) is 4.98 Å². The van der Waals surface area contributed by atoms with Gasteiger partial charge in [0, 0.05) is 4.88 Å². The Kier molecular flexibility index (Phi) is 1.60. The van der Waals surface area contributed by atoms with E-state index >= 15 is 0 Å². The summed E-state index contributed by atoms with van der Waals surface area (Å²) in [5.41, 5.74) is 2.57. The minimum Gasteiger partial charge on any atom is -0.336 e. The molecule has 0 saturated heterocycles. The summed E-state index contributed by atoms with van der Waals surface area (Å²) >= 11 is 5.33. The molecule has 3 rings (SSSR count). The highest BCUT2D eigenvalue weighted by Gasteiger charge is 2.16. The zero-order valence-corrected chi connectivity index (χ0v) is 9.20. The highest BCUT2D eigenvalue weighted by atomic mass is 79.9. The molecule has 2 aromatic rings. The summed E-state index contributed by atoms with van der Waals surface area (Å²) in [6.45, 7) is 0. The summed E-state index contributed by atoms with van der Waals surface area (Å²) in [5, 5.41) is 0. The third-order valence-corrected chi connectivity index (χ3v) is 4.03. The second-order valence-corrected chi connectivity index (χ2v) is 5.19. The molecule has 0 amide bonds. The first-order valence-corrected chi connectivity index (χ1v) is 5.76. The first-order chi connectivity index (χ1) is 6.34. The lowest BCUT2D eigenvalue weighted by molar-refractivity contribution is 0.992. The van der Waals surface area contributed by atoms with Crippen LogP contribution in [-0.2, 0) is 6.42 Å². The molecule has 0 fully saturated rings. The number of rotatable bonds is 0. The fourth-order valence-electron chi connectivity index (χ4n) is 1.68. The van der Waals surface area contributed by atoms with Crippen LogP contribution in [-0.4, -0.2) is 9.97 Å². The van der Waals surface area contributed by atoms with Crippen LogP contribution < -0.4 is 0 Å². The van der Waals surface area contributed by atoms with E-state index < -0.39 is 0 Å². The molecule has 2 heterocycles. The maximum Gasteiger partial charge on any atom is 0.121 e. The van der Waals surface area contributed by atoms with Crippen molar-refractivity contribution in [1.82, 2.24) is 9.97 Å². The average molecular weight is 255 g/mol. The van der Waals surface area contributed by atoms with E-state index in [9.17, 15) is 0 Å². The second kappa shape index (κ2) is 2.69. The van der Waals surface area contributed by atoms with Gasteiger partial charge in [-0.05, 0) is 29.0 Å². The van der Waals surface area contributed by atoms with Crippen molar-refractivity contribution in [2.45, 2.75) is 12.8 Å². The number of nitrogens with zero attached hydrogens (tertiary/aromatic N) is 1. The Balaban J connectivity index is 2.35. The third-order valence-electron chi connectivity index (χ3n) is 2.30. The molecule has 66 valence electrons. The van der Waals surface area contributed by atoms with Crippen molar-refractivity contribution in [3.8, 4) is 0 Å². The summed E-state index contributed by atoms with van der Waals surface area (Å²) in [6, 6.07) is 0. The van der Waals surface area contributed by atoms with Crippen molar-refractivity contribution >= 4 is 43.7 Å². The first kappa shape index (κ1) is 7.76. The van der Waals surface area contributed by atoms with E-state index in [-0.39, 0.29) is 0 Å². The SMILES string of the molecule is BrC1=Cc2sc3[nH]cnc3c2CC1. The van der Waals surface area contributed by atoms with Crippen molar-refractivity contribution in [2.24, 2.45) is 0 Å². The predicted octanol–water partition coefficient (Wildman–Crippen LogP) is 3.31. The maximum atomic E-state index is 4.33. The molecular formula is C9H7BrN2S. The molecule has 13 heavy (non-hydrogen) atoms. The fraction of sp³-hybridized carbons (Fsp3) is 0.222. The quantitative estimate of drug-likeness (QED) is 0.768. The number of aromatic amines is 1. The topological polar surface area (TPSA) is 28.7 Å². The summed E-state index contributed by atoms with van der Waals surface area (Å²) < 4.78 is 1.30. The normalized spacial score (nSPS) is 15.9. The van der Waals surface area contributed by atoms with Crippen LogP contribution in [0.3, 0.4) is 0 Å². The number of halogens is 1. The number of nitrogens with one attached hydrogen (secondary N) is 1. The first-order valence-electron chi connectivity index (χ1n) is 4.15. The van der Waals surface area contributed by atoms with Crippen LogP contribution in [0.4, 0.5) is 0 Å². The smallest absolute Gasteiger partial charge is 0.121 e. The van der Waals surface area contributed by atoms with E-state index in [0.29, 0.717) is 0 Å². The number of aromatic nitrogens is 2. The molecule has 0 aromatic carbocycles. The van der Waals surface area contributed by atoms with Crippen LogP contribution in [0.2, 0.25) is 0 Å². The van der Waals surface area contributed by atoms with E-state index in [4.69, 9.17) is 0 Å². The largest absolute Gasteiger partial charge is 0.336 e. The van der Waals surface area contributed by atoms with Crippen molar-refractivity contribution in [3.63, 3.8) is 0 Å². The number of imidazole rings is 1. The molecule has 0 bridgehead atoms. The minimum atomic E-state index is 1.10. The van der Waals surface area contributed by atoms with Gasteiger partial charge in [0.2, 0.25) is 0 Å². The molecule has 0 unspecified atom stereocenters. The molecule has 0 atom stereocenters. The highest BCUT2D eigenvalue weighted by molar-refractivity contribution is 9.11. The zero-order valence-electron chi connectivity index (χ0n) is 6.80. The lowest BCUT2D eigenvalue weighted by Crippen LogP contribution is -1.91. The Hall–Kier alpha value is -0.610. The van der Waals surface area contributed by atoms with Crippen molar-refractivity contribution in [3.05, 3.63) is 21.3 Å². The Morgan fingerprint density at radius 3 is 3.31 bits per heavy atom. The van der Waals surface area contributed by atoms with Gasteiger partial charge in [0.05, 0.1) is 6.33 Å². The van der Waals surface area contributed by atoms with Crippen molar-refractivity contribution < 1.29 is 0 Å². The average Bonchev–Trinajstić information content (AvgIpc) is 2.62. The van der Waals surface area contributed by atoms with E-state index in [1.807, 2.05) is 0 Å². The summed E-state index contributed by atoms with van der Waals surface area (Å²) in [5.74, 6) is 0. The van der Waals surface area contributed by atoms with Gasteiger partial charge in [-0.1, -0.05) is 15.9 Å². The molecule has 0 spiro atoms. The summed E-state index contributed by atoms with van der Waals surface area (Å²) in [6.07, 6.45) is 6.19. The fourth-order valence-corrected chi connectivity index (χ4v) is 3.39. The van der Waals surface area contributed by atoms with Gasteiger partial charge in [0.1, 0.15) is 10.3 Å². The maximum absolute atomic E-state index is 4.33. The third kappa shape index (κ3) is 1.09. The molecular weight excluding hydrogens is 248 g/mol. The van der Waals surface area contributed by atoms with Crippen LogP contribution in [0.1, 0.15) is 16.9 Å². The van der Waals surface area contributed by atoms with Gasteiger partial charge >= 0.3 is 0 Å². The lowest BCUT2D eigenvalue weighted by atomic mass is 10.1. The van der Waals surface area contributed by atoms with Gasteiger partial charge < -0.3 is 4.98 Å². The number of hydrogen-bond acceptors (Lipinski definition) is 2. The standard InChI is InChI=1S/C9H7BrN2S/c10-5-1-2-6-7(3-5)13-9-8(6)11-4-12-9/h3-4H,1-2H2,(H,11,12). The molecule has 1 aliphatic carbocycles. The Morgan fingerprint density at radius 2 is 2.38 bits per heavy atom. The zero-order chi connectivity index (χ0) is 8.84. The molecule has 4 heteroatoms. The monoisotopic (exact) mass is 254 g/mol. The van der Waals surface area contributed by atoms with E-state index in [1.54, 1.807) is 17.7 Å². The second-order valence-electron chi connectivity index (χ2n) is 3.12. The van der Waals surface area contributed by atoms with Crippen LogP contribution >= 0.6 is 27.3 Å². The van der Waals surface area contributed by atoms with Gasteiger partial charge in [-0.3, -0.25) is 0 Å². The van der Waals surface area contributed by atoms with E-state index in [0.717, 1.165) is 18.4 Å². The van der Waals surface area contributed by atoms with Gasteiger partial charge in [-0.15, -0.1) is 11.3 Å². The molecule has 0 radical (unpaired) electrons. The van der Waals surface area contributed by atoms with Crippen molar-refractivity contribution in [2.75, 3.05) is 0 Å². The van der Waals surface area contributed by atoms with Crippen LogP contribution in [0.5, 0.6) is 0 Å². The van der Waals surface area contributed by atoms with Crippen LogP contribution in [0, 0.1) is 0 Å². The van der Waals surface area contributed by atoms with E-state index in [1.165, 1.54) is 19.8 Å². The van der Waals surface area contributed by atoms with Gasteiger partial charge in [-0.2, -0.15) is 0 Å². The highest BCUT2D eigenvalue weighted by Crippen LogP contribution is 2.36. The van der Waals surface area contributed by atoms with E-state index in [2.05, 4.69) is 32.0 Å².